The van der Waals surface area contributed by atoms with E-state index >= 15 is 0 Å². The molecular formula is C17H33NO2. The molecule has 2 aliphatic rings. The molecule has 0 aromatic rings. The second kappa shape index (κ2) is 8.35. The first-order chi connectivity index (χ1) is 9.74. The van der Waals surface area contributed by atoms with Gasteiger partial charge in [-0.3, -0.25) is 4.90 Å². The molecule has 0 amide bonds. The van der Waals surface area contributed by atoms with Crippen molar-refractivity contribution in [1.82, 2.24) is 4.90 Å². The summed E-state index contributed by atoms with van der Waals surface area (Å²) < 4.78 is 5.94. The molecule has 0 radical (unpaired) electrons. The lowest BCUT2D eigenvalue weighted by molar-refractivity contribution is -0.0539. The van der Waals surface area contributed by atoms with Gasteiger partial charge in [0.25, 0.3) is 0 Å². The summed E-state index contributed by atoms with van der Waals surface area (Å²) >= 11 is 0. The standard InChI is InChI=1S/C17H33NO2/c1-3-6-14-8-9-17(19)16(12-14)18-10-5-7-15(13-18)20-11-4-2/h14-17,19H,3-13H2,1-2H3. The van der Waals surface area contributed by atoms with Gasteiger partial charge in [-0.2, -0.15) is 0 Å². The fourth-order valence-electron chi connectivity index (χ4n) is 3.97. The Morgan fingerprint density at radius 1 is 1.15 bits per heavy atom. The maximum absolute atomic E-state index is 10.4. The molecular weight excluding hydrogens is 250 g/mol. The summed E-state index contributed by atoms with van der Waals surface area (Å²) in [6, 6.07) is 0.383. The average molecular weight is 283 g/mol. The van der Waals surface area contributed by atoms with Crippen LogP contribution in [-0.2, 0) is 4.74 Å². The van der Waals surface area contributed by atoms with Crippen LogP contribution in [0.25, 0.3) is 0 Å². The zero-order valence-corrected chi connectivity index (χ0v) is 13.4. The maximum atomic E-state index is 10.4. The molecule has 1 N–H and O–H groups in total. The molecule has 2 rings (SSSR count). The van der Waals surface area contributed by atoms with Gasteiger partial charge in [-0.05, 0) is 51.0 Å². The van der Waals surface area contributed by atoms with Gasteiger partial charge in [0, 0.05) is 19.2 Å². The zero-order chi connectivity index (χ0) is 14.4. The molecule has 1 aliphatic carbocycles. The maximum Gasteiger partial charge on any atom is 0.0702 e. The molecule has 0 aromatic heterocycles. The summed E-state index contributed by atoms with van der Waals surface area (Å²) in [4.78, 5) is 2.52. The molecule has 118 valence electrons. The van der Waals surface area contributed by atoms with E-state index in [4.69, 9.17) is 4.74 Å². The predicted molar refractivity (Wildman–Crippen MR) is 82.9 cm³/mol. The molecule has 2 fully saturated rings. The Hall–Kier alpha value is -0.120. The molecule has 1 heterocycles. The average Bonchev–Trinajstić information content (AvgIpc) is 2.47. The van der Waals surface area contributed by atoms with Gasteiger partial charge in [0.2, 0.25) is 0 Å². The highest BCUT2D eigenvalue weighted by Gasteiger charge is 2.35. The van der Waals surface area contributed by atoms with Gasteiger partial charge in [-0.25, -0.2) is 0 Å². The molecule has 3 heteroatoms. The largest absolute Gasteiger partial charge is 0.391 e. The quantitative estimate of drug-likeness (QED) is 0.812. The minimum atomic E-state index is -0.118. The van der Waals surface area contributed by atoms with Crippen LogP contribution in [-0.4, -0.2) is 48.0 Å². The monoisotopic (exact) mass is 283 g/mol. The van der Waals surface area contributed by atoms with E-state index in [1.807, 2.05) is 0 Å². The molecule has 0 aromatic carbocycles. The van der Waals surface area contributed by atoms with Crippen molar-refractivity contribution in [3.8, 4) is 0 Å². The normalized spacial score (nSPS) is 36.1. The summed E-state index contributed by atoms with van der Waals surface area (Å²) in [5.74, 6) is 0.824. The summed E-state index contributed by atoms with van der Waals surface area (Å²) in [5.41, 5.74) is 0. The van der Waals surface area contributed by atoms with Crippen molar-refractivity contribution in [3.63, 3.8) is 0 Å². The van der Waals surface area contributed by atoms with Crippen LogP contribution in [0.1, 0.15) is 65.2 Å². The van der Waals surface area contributed by atoms with Crippen molar-refractivity contribution in [2.45, 2.75) is 83.5 Å². The fraction of sp³-hybridized carbons (Fsp3) is 1.00. The van der Waals surface area contributed by atoms with Gasteiger partial charge in [0.05, 0.1) is 12.2 Å². The highest BCUT2D eigenvalue weighted by atomic mass is 16.5. The lowest BCUT2D eigenvalue weighted by atomic mass is 9.80. The third-order valence-electron chi connectivity index (χ3n) is 5.02. The van der Waals surface area contributed by atoms with Crippen molar-refractivity contribution < 1.29 is 9.84 Å². The Bertz CT molecular complexity index is 272. The minimum absolute atomic E-state index is 0.118. The predicted octanol–water partition coefficient (Wildman–Crippen LogP) is 3.21. The Balaban J connectivity index is 1.87. The Morgan fingerprint density at radius 2 is 2.00 bits per heavy atom. The lowest BCUT2D eigenvalue weighted by Gasteiger charge is -2.44. The second-order valence-electron chi connectivity index (χ2n) is 6.73. The number of ether oxygens (including phenoxy) is 1. The van der Waals surface area contributed by atoms with Crippen LogP contribution < -0.4 is 0 Å². The SMILES string of the molecule is CCCOC1CCCN(C2CC(CCC)CCC2O)C1. The van der Waals surface area contributed by atoms with Gasteiger partial charge in [0.15, 0.2) is 0 Å². The first-order valence-corrected chi connectivity index (χ1v) is 8.78. The summed E-state index contributed by atoms with van der Waals surface area (Å²) in [7, 11) is 0. The zero-order valence-electron chi connectivity index (χ0n) is 13.4. The smallest absolute Gasteiger partial charge is 0.0702 e. The van der Waals surface area contributed by atoms with Crippen LogP contribution in [0.4, 0.5) is 0 Å². The molecule has 0 spiro atoms. The van der Waals surface area contributed by atoms with Crippen molar-refractivity contribution >= 4 is 0 Å². The lowest BCUT2D eigenvalue weighted by Crippen LogP contribution is -2.52. The van der Waals surface area contributed by atoms with Crippen molar-refractivity contribution in [3.05, 3.63) is 0 Å². The molecule has 1 aliphatic heterocycles. The third kappa shape index (κ3) is 4.44. The summed E-state index contributed by atoms with van der Waals surface area (Å²) in [6.45, 7) is 7.49. The van der Waals surface area contributed by atoms with E-state index in [9.17, 15) is 5.11 Å². The summed E-state index contributed by atoms with van der Waals surface area (Å²) in [6.07, 6.45) is 9.78. The molecule has 3 nitrogen and oxygen atoms in total. The van der Waals surface area contributed by atoms with E-state index in [1.165, 1.54) is 38.5 Å². The highest BCUT2D eigenvalue weighted by Crippen LogP contribution is 2.32. The summed E-state index contributed by atoms with van der Waals surface area (Å²) in [5, 5.41) is 10.4. The minimum Gasteiger partial charge on any atom is -0.391 e. The van der Waals surface area contributed by atoms with Crippen molar-refractivity contribution in [2.75, 3.05) is 19.7 Å². The number of nitrogens with zero attached hydrogens (tertiary/aromatic N) is 1. The van der Waals surface area contributed by atoms with Gasteiger partial charge >= 0.3 is 0 Å². The van der Waals surface area contributed by atoms with Crippen molar-refractivity contribution in [1.29, 1.82) is 0 Å². The Labute approximate surface area is 124 Å². The molecule has 1 saturated heterocycles. The van der Waals surface area contributed by atoms with Crippen molar-refractivity contribution in [2.24, 2.45) is 5.92 Å². The molecule has 4 unspecified atom stereocenters. The first-order valence-electron chi connectivity index (χ1n) is 8.78. The number of hydrogen-bond donors (Lipinski definition) is 1. The number of aliphatic hydroxyl groups is 1. The van der Waals surface area contributed by atoms with Crippen LogP contribution in [0, 0.1) is 5.92 Å². The van der Waals surface area contributed by atoms with Crippen LogP contribution in [0.3, 0.4) is 0 Å². The van der Waals surface area contributed by atoms with E-state index in [0.29, 0.717) is 12.1 Å². The van der Waals surface area contributed by atoms with E-state index in [2.05, 4.69) is 18.7 Å². The molecule has 0 bridgehead atoms. The van der Waals surface area contributed by atoms with Gasteiger partial charge in [-0.15, -0.1) is 0 Å². The molecule has 4 atom stereocenters. The number of rotatable bonds is 6. The van der Waals surface area contributed by atoms with Gasteiger partial charge in [-0.1, -0.05) is 26.7 Å². The van der Waals surface area contributed by atoms with E-state index in [0.717, 1.165) is 38.5 Å². The number of hydrogen-bond acceptors (Lipinski definition) is 3. The number of aliphatic hydroxyl groups excluding tert-OH is 1. The number of likely N-dealkylation sites (tertiary alicyclic amines) is 1. The first kappa shape index (κ1) is 16.3. The molecule has 1 saturated carbocycles. The fourth-order valence-corrected chi connectivity index (χ4v) is 3.97. The van der Waals surface area contributed by atoms with Gasteiger partial charge < -0.3 is 9.84 Å². The van der Waals surface area contributed by atoms with Gasteiger partial charge in [0.1, 0.15) is 0 Å². The van der Waals surface area contributed by atoms with E-state index in [-0.39, 0.29) is 6.10 Å². The van der Waals surface area contributed by atoms with Crippen LogP contribution >= 0.6 is 0 Å². The van der Waals surface area contributed by atoms with Crippen LogP contribution in [0.2, 0.25) is 0 Å². The Morgan fingerprint density at radius 3 is 2.75 bits per heavy atom. The highest BCUT2D eigenvalue weighted by molar-refractivity contribution is 4.89. The molecule has 20 heavy (non-hydrogen) atoms. The van der Waals surface area contributed by atoms with E-state index in [1.54, 1.807) is 0 Å². The van der Waals surface area contributed by atoms with E-state index < -0.39 is 0 Å². The second-order valence-corrected chi connectivity index (χ2v) is 6.73. The third-order valence-corrected chi connectivity index (χ3v) is 5.02. The number of piperidine rings is 1. The topological polar surface area (TPSA) is 32.7 Å². The Kier molecular flexibility index (Phi) is 6.79. The van der Waals surface area contributed by atoms with Crippen LogP contribution in [0.15, 0.2) is 0 Å². The van der Waals surface area contributed by atoms with Crippen LogP contribution in [0.5, 0.6) is 0 Å².